The molecule has 1 saturated carbocycles. The van der Waals surface area contributed by atoms with Gasteiger partial charge in [-0.05, 0) is 50.8 Å². The third-order valence-electron chi connectivity index (χ3n) is 2.65. The van der Waals surface area contributed by atoms with E-state index in [9.17, 15) is 0 Å². The van der Waals surface area contributed by atoms with E-state index < -0.39 is 0 Å². The molecule has 1 aliphatic carbocycles. The molecule has 0 atom stereocenters. The minimum absolute atomic E-state index is 0.929. The highest BCUT2D eigenvalue weighted by atomic mass is 15.1. The molecule has 1 heterocycles. The van der Waals surface area contributed by atoms with Gasteiger partial charge in [0, 0.05) is 6.54 Å². The maximum absolute atomic E-state index is 4.10. The van der Waals surface area contributed by atoms with Gasteiger partial charge in [0.25, 0.3) is 0 Å². The molecule has 2 rings (SSSR count). The van der Waals surface area contributed by atoms with Gasteiger partial charge < -0.3 is 5.32 Å². The van der Waals surface area contributed by atoms with Crippen LogP contribution in [0.5, 0.6) is 0 Å². The SMILES string of the molecule is Cc1cc(CNCC2CC2)c(C)nn1. The van der Waals surface area contributed by atoms with Gasteiger partial charge in [-0.3, -0.25) is 0 Å². The fraction of sp³-hybridized carbons (Fsp3) is 0.636. The van der Waals surface area contributed by atoms with Crippen LogP contribution in [0.1, 0.15) is 29.8 Å². The number of aryl methyl sites for hydroxylation is 2. The van der Waals surface area contributed by atoms with Crippen molar-refractivity contribution >= 4 is 0 Å². The molecular weight excluding hydrogens is 174 g/mol. The smallest absolute Gasteiger partial charge is 0.0645 e. The molecule has 1 aromatic rings. The summed E-state index contributed by atoms with van der Waals surface area (Å²) in [6, 6.07) is 2.11. The van der Waals surface area contributed by atoms with Crippen LogP contribution in [0, 0.1) is 19.8 Å². The van der Waals surface area contributed by atoms with E-state index in [1.165, 1.54) is 18.4 Å². The molecule has 0 spiro atoms. The molecule has 1 fully saturated rings. The van der Waals surface area contributed by atoms with E-state index in [1.807, 2.05) is 13.8 Å². The van der Waals surface area contributed by atoms with Crippen LogP contribution in [0.15, 0.2) is 6.07 Å². The molecule has 14 heavy (non-hydrogen) atoms. The van der Waals surface area contributed by atoms with Gasteiger partial charge in [0.1, 0.15) is 0 Å². The summed E-state index contributed by atoms with van der Waals surface area (Å²) in [6.07, 6.45) is 2.80. The second-order valence-electron chi connectivity index (χ2n) is 4.17. The van der Waals surface area contributed by atoms with Crippen molar-refractivity contribution < 1.29 is 0 Å². The zero-order chi connectivity index (χ0) is 9.97. The highest BCUT2D eigenvalue weighted by molar-refractivity contribution is 5.19. The van der Waals surface area contributed by atoms with Crippen LogP contribution >= 0.6 is 0 Å². The minimum atomic E-state index is 0.929. The maximum atomic E-state index is 4.10. The van der Waals surface area contributed by atoms with Gasteiger partial charge in [-0.25, -0.2) is 0 Å². The Balaban J connectivity index is 1.89. The van der Waals surface area contributed by atoms with E-state index >= 15 is 0 Å². The molecule has 0 radical (unpaired) electrons. The van der Waals surface area contributed by atoms with Crippen molar-refractivity contribution in [1.82, 2.24) is 15.5 Å². The Morgan fingerprint density at radius 1 is 1.36 bits per heavy atom. The van der Waals surface area contributed by atoms with E-state index in [1.54, 1.807) is 0 Å². The first-order valence-electron chi connectivity index (χ1n) is 5.26. The molecule has 1 aliphatic rings. The second-order valence-corrected chi connectivity index (χ2v) is 4.17. The van der Waals surface area contributed by atoms with Crippen molar-refractivity contribution in [2.45, 2.75) is 33.2 Å². The molecule has 0 saturated heterocycles. The van der Waals surface area contributed by atoms with Crippen LogP contribution in [0.2, 0.25) is 0 Å². The number of nitrogens with one attached hydrogen (secondary N) is 1. The molecule has 76 valence electrons. The fourth-order valence-corrected chi connectivity index (χ4v) is 1.52. The number of hydrogen-bond donors (Lipinski definition) is 1. The quantitative estimate of drug-likeness (QED) is 0.785. The summed E-state index contributed by atoms with van der Waals surface area (Å²) in [5.74, 6) is 0.936. The number of aromatic nitrogens is 2. The van der Waals surface area contributed by atoms with Gasteiger partial charge >= 0.3 is 0 Å². The van der Waals surface area contributed by atoms with Crippen LogP contribution in [-0.2, 0) is 6.54 Å². The summed E-state index contributed by atoms with van der Waals surface area (Å²) < 4.78 is 0. The number of nitrogens with zero attached hydrogens (tertiary/aromatic N) is 2. The maximum Gasteiger partial charge on any atom is 0.0645 e. The van der Waals surface area contributed by atoms with Crippen molar-refractivity contribution in [3.8, 4) is 0 Å². The standard InChI is InChI=1S/C11H17N3/c1-8-5-11(9(2)14-13-8)7-12-6-10-3-4-10/h5,10,12H,3-4,6-7H2,1-2H3. The summed E-state index contributed by atoms with van der Waals surface area (Å²) in [5.41, 5.74) is 3.32. The van der Waals surface area contributed by atoms with Crippen LogP contribution in [0.3, 0.4) is 0 Å². The normalized spacial score (nSPS) is 15.9. The first-order chi connectivity index (χ1) is 6.75. The van der Waals surface area contributed by atoms with Crippen molar-refractivity contribution in [2.75, 3.05) is 6.54 Å². The third kappa shape index (κ3) is 2.51. The summed E-state index contributed by atoms with van der Waals surface area (Å²) in [6.45, 7) is 6.08. The minimum Gasteiger partial charge on any atom is -0.312 e. The van der Waals surface area contributed by atoms with Crippen LogP contribution in [0.25, 0.3) is 0 Å². The predicted octanol–water partition coefficient (Wildman–Crippen LogP) is 1.59. The van der Waals surface area contributed by atoms with E-state index in [0.717, 1.165) is 30.4 Å². The summed E-state index contributed by atoms with van der Waals surface area (Å²) in [5, 5.41) is 11.6. The molecule has 0 aliphatic heterocycles. The zero-order valence-corrected chi connectivity index (χ0v) is 8.88. The van der Waals surface area contributed by atoms with E-state index in [2.05, 4.69) is 21.6 Å². The lowest BCUT2D eigenvalue weighted by Crippen LogP contribution is -2.17. The first kappa shape index (κ1) is 9.59. The van der Waals surface area contributed by atoms with E-state index in [0.29, 0.717) is 0 Å². The van der Waals surface area contributed by atoms with E-state index in [-0.39, 0.29) is 0 Å². The van der Waals surface area contributed by atoms with E-state index in [4.69, 9.17) is 0 Å². The Hall–Kier alpha value is -0.960. The predicted molar refractivity (Wildman–Crippen MR) is 55.9 cm³/mol. The number of hydrogen-bond acceptors (Lipinski definition) is 3. The van der Waals surface area contributed by atoms with Gasteiger partial charge in [-0.15, -0.1) is 0 Å². The molecule has 3 heteroatoms. The van der Waals surface area contributed by atoms with Gasteiger partial charge in [0.15, 0.2) is 0 Å². The highest BCUT2D eigenvalue weighted by Gasteiger charge is 2.20. The molecule has 0 amide bonds. The molecular formula is C11H17N3. The van der Waals surface area contributed by atoms with Crippen molar-refractivity contribution in [1.29, 1.82) is 0 Å². The molecule has 3 nitrogen and oxygen atoms in total. The van der Waals surface area contributed by atoms with Gasteiger partial charge in [-0.2, -0.15) is 10.2 Å². The lowest BCUT2D eigenvalue weighted by molar-refractivity contribution is 0.633. The van der Waals surface area contributed by atoms with Gasteiger partial charge in [-0.1, -0.05) is 0 Å². The monoisotopic (exact) mass is 191 g/mol. The average Bonchev–Trinajstić information content (AvgIpc) is 2.95. The lowest BCUT2D eigenvalue weighted by atomic mass is 10.2. The zero-order valence-electron chi connectivity index (χ0n) is 8.88. The Bertz CT molecular complexity index is 318. The largest absolute Gasteiger partial charge is 0.312 e. The topological polar surface area (TPSA) is 37.8 Å². The number of rotatable bonds is 4. The van der Waals surface area contributed by atoms with Crippen molar-refractivity contribution in [3.05, 3.63) is 23.0 Å². The Morgan fingerprint density at radius 3 is 2.86 bits per heavy atom. The van der Waals surface area contributed by atoms with Gasteiger partial charge in [0.05, 0.1) is 11.4 Å². The average molecular weight is 191 g/mol. The second kappa shape index (κ2) is 4.05. The molecule has 0 unspecified atom stereocenters. The summed E-state index contributed by atoms with van der Waals surface area (Å²) in [7, 11) is 0. The Kier molecular flexibility index (Phi) is 2.77. The fourth-order valence-electron chi connectivity index (χ4n) is 1.52. The molecule has 0 bridgehead atoms. The molecule has 0 aromatic carbocycles. The van der Waals surface area contributed by atoms with Crippen molar-refractivity contribution in [2.24, 2.45) is 5.92 Å². The van der Waals surface area contributed by atoms with Gasteiger partial charge in [0.2, 0.25) is 0 Å². The highest BCUT2D eigenvalue weighted by Crippen LogP contribution is 2.27. The Morgan fingerprint density at radius 2 is 2.14 bits per heavy atom. The summed E-state index contributed by atoms with van der Waals surface area (Å²) >= 11 is 0. The van der Waals surface area contributed by atoms with Crippen LogP contribution < -0.4 is 5.32 Å². The molecule has 1 N–H and O–H groups in total. The van der Waals surface area contributed by atoms with Crippen LogP contribution in [0.4, 0.5) is 0 Å². The Labute approximate surface area is 84.9 Å². The first-order valence-corrected chi connectivity index (χ1v) is 5.26. The van der Waals surface area contributed by atoms with Crippen molar-refractivity contribution in [3.63, 3.8) is 0 Å². The van der Waals surface area contributed by atoms with Crippen LogP contribution in [-0.4, -0.2) is 16.7 Å². The third-order valence-corrected chi connectivity index (χ3v) is 2.65. The summed E-state index contributed by atoms with van der Waals surface area (Å²) in [4.78, 5) is 0. The molecule has 1 aromatic heterocycles. The lowest BCUT2D eigenvalue weighted by Gasteiger charge is -2.06.